The highest BCUT2D eigenvalue weighted by molar-refractivity contribution is 7.59. The summed E-state index contributed by atoms with van der Waals surface area (Å²) < 4.78 is 16.3. The molecule has 1 N–H and O–H groups in total. The predicted octanol–water partition coefficient (Wildman–Crippen LogP) is 2.81. The van der Waals surface area contributed by atoms with Gasteiger partial charge in [-0.2, -0.15) is 23.1 Å². The number of fused-ring (bicyclic) bond motifs is 2. The van der Waals surface area contributed by atoms with Crippen LogP contribution in [0.25, 0.3) is 16.6 Å². The van der Waals surface area contributed by atoms with Crippen molar-refractivity contribution in [1.82, 2.24) is 24.8 Å². The van der Waals surface area contributed by atoms with E-state index < -0.39 is 0 Å². The van der Waals surface area contributed by atoms with E-state index in [4.69, 9.17) is 9.94 Å². The summed E-state index contributed by atoms with van der Waals surface area (Å²) in [5.41, 5.74) is 2.73. The molecule has 4 rings (SSSR count). The molecule has 0 aliphatic carbocycles. The second-order valence-electron chi connectivity index (χ2n) is 6.57. The number of aromatic nitrogens is 5. The van der Waals surface area contributed by atoms with E-state index in [1.807, 2.05) is 19.1 Å². The number of hydrogen-bond donors (Lipinski definition) is 1. The van der Waals surface area contributed by atoms with Gasteiger partial charge in [0.15, 0.2) is 11.5 Å². The molecule has 3 aromatic heterocycles. The van der Waals surface area contributed by atoms with Crippen molar-refractivity contribution < 1.29 is 14.3 Å². The summed E-state index contributed by atoms with van der Waals surface area (Å²) in [6.45, 7) is 3.58. The van der Waals surface area contributed by atoms with Crippen LogP contribution in [0.2, 0.25) is 0 Å². The van der Waals surface area contributed by atoms with Crippen LogP contribution in [0.1, 0.15) is 36.8 Å². The van der Waals surface area contributed by atoms with Crippen molar-refractivity contribution in [2.24, 2.45) is 5.16 Å². The lowest BCUT2D eigenvalue weighted by molar-refractivity contribution is 0.0986. The van der Waals surface area contributed by atoms with Gasteiger partial charge in [-0.3, -0.25) is 4.98 Å². The molecule has 3 heterocycles. The number of nitrogens with zero attached hydrogens (tertiary/aromatic N) is 6. The standard InChI is InChI=1S/C20H19FN6O2.H2S/c1-12(15-10-14-4-3-7-22-18(14)11-16(15)21)20-24-23-19-6-5-17(25-27(19)20)13(2)26-29-9-8-28;/h3-7,10-12,28H,8-9H2,1-2H3;1H2/b26-13+;/t12-;/m0./s1. The molecule has 0 saturated carbocycles. The maximum Gasteiger partial charge on any atom is 0.177 e. The van der Waals surface area contributed by atoms with Gasteiger partial charge >= 0.3 is 0 Å². The first-order chi connectivity index (χ1) is 14.1. The molecule has 0 aliphatic rings. The molecular weight excluding hydrogens is 407 g/mol. The van der Waals surface area contributed by atoms with Crippen molar-refractivity contribution in [2.45, 2.75) is 19.8 Å². The second kappa shape index (κ2) is 9.14. The second-order valence-corrected chi connectivity index (χ2v) is 6.57. The fourth-order valence-corrected chi connectivity index (χ4v) is 3.08. The molecule has 0 spiro atoms. The summed E-state index contributed by atoms with van der Waals surface area (Å²) in [5.74, 6) is -0.236. The Labute approximate surface area is 178 Å². The van der Waals surface area contributed by atoms with Gasteiger partial charge in [0.05, 0.1) is 12.1 Å². The Morgan fingerprint density at radius 2 is 2.10 bits per heavy atom. The molecule has 1 aromatic carbocycles. The van der Waals surface area contributed by atoms with Crippen LogP contribution in [0.15, 0.2) is 47.8 Å². The Balaban J connectivity index is 0.00000256. The van der Waals surface area contributed by atoms with Gasteiger partial charge in [-0.05, 0) is 36.8 Å². The number of aliphatic hydroxyl groups excluding tert-OH is 1. The summed E-state index contributed by atoms with van der Waals surface area (Å²) in [5, 5.41) is 26.5. The van der Waals surface area contributed by atoms with E-state index in [0.717, 1.165) is 5.39 Å². The maximum atomic E-state index is 14.8. The fourth-order valence-electron chi connectivity index (χ4n) is 3.08. The average Bonchev–Trinajstić information content (AvgIpc) is 3.16. The van der Waals surface area contributed by atoms with E-state index in [-0.39, 0.29) is 38.4 Å². The summed E-state index contributed by atoms with van der Waals surface area (Å²) >= 11 is 0. The van der Waals surface area contributed by atoms with Gasteiger partial charge in [0.25, 0.3) is 0 Å². The van der Waals surface area contributed by atoms with E-state index >= 15 is 0 Å². The SMILES string of the molecule is C/C(=N\OCCO)c1ccc2nnc([C@@H](C)c3cc4cccnc4cc3F)n2n1.S. The summed E-state index contributed by atoms with van der Waals surface area (Å²) in [6.07, 6.45) is 1.64. The Morgan fingerprint density at radius 1 is 1.27 bits per heavy atom. The van der Waals surface area contributed by atoms with Crippen molar-refractivity contribution in [1.29, 1.82) is 0 Å². The van der Waals surface area contributed by atoms with Gasteiger partial charge in [0.1, 0.15) is 23.8 Å². The number of halogens is 1. The van der Waals surface area contributed by atoms with Crippen LogP contribution in [0, 0.1) is 5.82 Å². The highest BCUT2D eigenvalue weighted by atomic mass is 32.1. The molecule has 156 valence electrons. The molecule has 1 atom stereocenters. The Hall–Kier alpha value is -3.11. The number of rotatable bonds is 6. The molecular formula is C20H21FN6O2S. The summed E-state index contributed by atoms with van der Waals surface area (Å²) in [7, 11) is 0. The Morgan fingerprint density at radius 3 is 2.90 bits per heavy atom. The van der Waals surface area contributed by atoms with Crippen LogP contribution in [0.5, 0.6) is 0 Å². The monoisotopic (exact) mass is 428 g/mol. The van der Waals surface area contributed by atoms with E-state index in [2.05, 4.69) is 25.4 Å². The predicted molar refractivity (Wildman–Crippen MR) is 116 cm³/mol. The molecule has 0 aliphatic heterocycles. The number of pyridine rings is 1. The van der Waals surface area contributed by atoms with Crippen molar-refractivity contribution in [3.8, 4) is 0 Å². The van der Waals surface area contributed by atoms with Crippen LogP contribution in [-0.4, -0.2) is 48.8 Å². The third kappa shape index (κ3) is 4.10. The van der Waals surface area contributed by atoms with Crippen molar-refractivity contribution in [3.05, 3.63) is 65.5 Å². The van der Waals surface area contributed by atoms with Crippen molar-refractivity contribution in [2.75, 3.05) is 13.2 Å². The van der Waals surface area contributed by atoms with Gasteiger partial charge < -0.3 is 9.94 Å². The molecule has 4 aromatic rings. The lowest BCUT2D eigenvalue weighted by Gasteiger charge is -2.12. The quantitative estimate of drug-likeness (QED) is 0.288. The lowest BCUT2D eigenvalue weighted by Crippen LogP contribution is -2.10. The molecule has 8 nitrogen and oxygen atoms in total. The molecule has 30 heavy (non-hydrogen) atoms. The topological polar surface area (TPSA) is 97.8 Å². The van der Waals surface area contributed by atoms with Gasteiger partial charge in [-0.25, -0.2) is 4.39 Å². The molecule has 0 unspecified atom stereocenters. The van der Waals surface area contributed by atoms with E-state index in [9.17, 15) is 4.39 Å². The fraction of sp³-hybridized carbons (Fsp3) is 0.250. The molecule has 0 radical (unpaired) electrons. The Bertz CT molecular complexity index is 1210. The van der Waals surface area contributed by atoms with Gasteiger partial charge in [0, 0.05) is 23.6 Å². The lowest BCUT2D eigenvalue weighted by atomic mass is 9.98. The van der Waals surface area contributed by atoms with E-state index in [1.165, 1.54) is 6.07 Å². The molecule has 0 bridgehead atoms. The minimum Gasteiger partial charge on any atom is -0.393 e. The zero-order valence-corrected chi connectivity index (χ0v) is 17.4. The average molecular weight is 428 g/mol. The van der Waals surface area contributed by atoms with Crippen molar-refractivity contribution >= 4 is 35.8 Å². The number of oxime groups is 1. The minimum atomic E-state index is -0.389. The number of aliphatic hydroxyl groups is 1. The smallest absolute Gasteiger partial charge is 0.177 e. The maximum absolute atomic E-state index is 14.8. The largest absolute Gasteiger partial charge is 0.393 e. The molecule has 10 heteroatoms. The number of benzene rings is 1. The van der Waals surface area contributed by atoms with Crippen LogP contribution >= 0.6 is 13.5 Å². The van der Waals surface area contributed by atoms with Crippen LogP contribution < -0.4 is 0 Å². The normalized spacial score (nSPS) is 12.7. The van der Waals surface area contributed by atoms with Crippen LogP contribution in [0.4, 0.5) is 4.39 Å². The molecule has 0 amide bonds. The molecule has 0 saturated heterocycles. The Kier molecular flexibility index (Phi) is 6.58. The third-order valence-electron chi connectivity index (χ3n) is 4.62. The highest BCUT2D eigenvalue weighted by Gasteiger charge is 2.21. The summed E-state index contributed by atoms with van der Waals surface area (Å²) in [4.78, 5) is 9.19. The zero-order chi connectivity index (χ0) is 20.4. The van der Waals surface area contributed by atoms with Crippen molar-refractivity contribution in [3.63, 3.8) is 0 Å². The van der Waals surface area contributed by atoms with Crippen LogP contribution in [0.3, 0.4) is 0 Å². The van der Waals surface area contributed by atoms with E-state index in [1.54, 1.807) is 35.8 Å². The zero-order valence-electron chi connectivity index (χ0n) is 16.4. The molecule has 0 fully saturated rings. The first-order valence-electron chi connectivity index (χ1n) is 9.13. The summed E-state index contributed by atoms with van der Waals surface area (Å²) in [6, 6.07) is 10.4. The minimum absolute atomic E-state index is 0. The third-order valence-corrected chi connectivity index (χ3v) is 4.62. The van der Waals surface area contributed by atoms with E-state index in [0.29, 0.717) is 34.0 Å². The van der Waals surface area contributed by atoms with Gasteiger partial charge in [0.2, 0.25) is 0 Å². The van der Waals surface area contributed by atoms with Gasteiger partial charge in [-0.1, -0.05) is 18.1 Å². The first-order valence-corrected chi connectivity index (χ1v) is 9.13. The van der Waals surface area contributed by atoms with Crippen LogP contribution in [-0.2, 0) is 4.84 Å². The highest BCUT2D eigenvalue weighted by Crippen LogP contribution is 2.28. The number of hydrogen-bond acceptors (Lipinski definition) is 7. The first kappa shape index (κ1) is 21.6. The van der Waals surface area contributed by atoms with Gasteiger partial charge in [-0.15, -0.1) is 10.2 Å².